The molecular weight excluding hydrogens is 175 g/mol. The van der Waals surface area contributed by atoms with Gasteiger partial charge in [0.25, 0.3) is 0 Å². The van der Waals surface area contributed by atoms with Gasteiger partial charge in [-0.25, -0.2) is 4.39 Å². The van der Waals surface area contributed by atoms with Gasteiger partial charge < -0.3 is 0 Å². The molecule has 2 saturated carbocycles. The van der Waals surface area contributed by atoms with Gasteiger partial charge in [-0.15, -0.1) is 6.42 Å². The average Bonchev–Trinajstić information content (AvgIpc) is 2.74. The Balaban J connectivity index is 0.000000123. The van der Waals surface area contributed by atoms with Crippen LogP contribution in [-0.4, -0.2) is 0 Å². The van der Waals surface area contributed by atoms with E-state index in [9.17, 15) is 4.39 Å². The minimum absolute atomic E-state index is 0.287. The molecule has 2 atom stereocenters. The van der Waals surface area contributed by atoms with E-state index < -0.39 is 0 Å². The molecule has 0 amide bonds. The Kier molecular flexibility index (Phi) is 2.54. The summed E-state index contributed by atoms with van der Waals surface area (Å²) in [6.45, 7) is 0. The third-order valence-electron chi connectivity index (χ3n) is 2.97. The molecule has 2 fully saturated rings. The van der Waals surface area contributed by atoms with Crippen LogP contribution in [0.15, 0.2) is 24.3 Å². The van der Waals surface area contributed by atoms with Gasteiger partial charge in [-0.2, -0.15) is 0 Å². The van der Waals surface area contributed by atoms with E-state index in [2.05, 4.69) is 5.92 Å². The lowest BCUT2D eigenvalue weighted by molar-refractivity contribution is 0.468. The molecule has 0 N–H and O–H groups in total. The first-order valence-corrected chi connectivity index (χ1v) is 5.02. The molecule has 0 bridgehead atoms. The summed E-state index contributed by atoms with van der Waals surface area (Å²) in [6, 6.07) is 5.95. The molecule has 3 rings (SSSR count). The third kappa shape index (κ3) is 2.14. The number of fused-ring (bicyclic) bond motifs is 1. The first kappa shape index (κ1) is 9.27. The summed E-state index contributed by atoms with van der Waals surface area (Å²) in [6.07, 6.45) is 9.71. The SMILES string of the molecule is C#Cc1cccc(F)c1.C1CC2CC12. The number of halogens is 1. The standard InChI is InChI=1S/C8H5F.C5H8/c1-2-7-4-3-5-8(9)6-7;1-2-5-3-4(1)5/h1,3-6H;4-5H,1-3H2. The van der Waals surface area contributed by atoms with Crippen molar-refractivity contribution < 1.29 is 4.39 Å². The molecule has 0 aromatic heterocycles. The fourth-order valence-electron chi connectivity index (χ4n) is 1.76. The Labute approximate surface area is 84.1 Å². The van der Waals surface area contributed by atoms with Crippen molar-refractivity contribution in [3.8, 4) is 12.3 Å². The zero-order valence-electron chi connectivity index (χ0n) is 8.04. The van der Waals surface area contributed by atoms with Gasteiger partial charge in [0.15, 0.2) is 0 Å². The lowest BCUT2D eigenvalue weighted by Gasteiger charge is -2.04. The highest BCUT2D eigenvalue weighted by Gasteiger charge is 2.44. The predicted molar refractivity (Wildman–Crippen MR) is 55.2 cm³/mol. The molecule has 0 heterocycles. The smallest absolute Gasteiger partial charge is 0.124 e. The van der Waals surface area contributed by atoms with Crippen molar-refractivity contribution in [2.45, 2.75) is 19.3 Å². The van der Waals surface area contributed by atoms with Crippen LogP contribution in [0, 0.1) is 30.0 Å². The van der Waals surface area contributed by atoms with E-state index in [1.165, 1.54) is 24.0 Å². The van der Waals surface area contributed by atoms with Gasteiger partial charge in [0.2, 0.25) is 0 Å². The maximum absolute atomic E-state index is 12.3. The molecule has 1 heteroatoms. The van der Waals surface area contributed by atoms with Gasteiger partial charge in [0, 0.05) is 5.56 Å². The lowest BCUT2D eigenvalue weighted by atomic mass is 10.0. The van der Waals surface area contributed by atoms with Crippen LogP contribution in [0.1, 0.15) is 24.8 Å². The van der Waals surface area contributed by atoms with Gasteiger partial charge in [-0.1, -0.05) is 12.0 Å². The molecule has 2 unspecified atom stereocenters. The first-order valence-electron chi connectivity index (χ1n) is 5.02. The topological polar surface area (TPSA) is 0 Å². The summed E-state index contributed by atoms with van der Waals surface area (Å²) in [5.41, 5.74) is 0.579. The van der Waals surface area contributed by atoms with Gasteiger partial charge in [0.1, 0.15) is 5.82 Å². The second kappa shape index (κ2) is 3.84. The summed E-state index contributed by atoms with van der Waals surface area (Å²) >= 11 is 0. The Bertz CT molecular complexity index is 350. The molecule has 72 valence electrons. The van der Waals surface area contributed by atoms with Crippen molar-refractivity contribution >= 4 is 0 Å². The van der Waals surface area contributed by atoms with E-state index in [-0.39, 0.29) is 5.82 Å². The van der Waals surface area contributed by atoms with E-state index in [1.807, 2.05) is 0 Å². The van der Waals surface area contributed by atoms with Crippen LogP contribution < -0.4 is 0 Å². The fraction of sp³-hybridized carbons (Fsp3) is 0.385. The number of benzene rings is 1. The fourth-order valence-corrected chi connectivity index (χ4v) is 1.76. The van der Waals surface area contributed by atoms with Crippen molar-refractivity contribution in [2.75, 3.05) is 0 Å². The monoisotopic (exact) mass is 188 g/mol. The van der Waals surface area contributed by atoms with Crippen LogP contribution in [0.2, 0.25) is 0 Å². The van der Waals surface area contributed by atoms with Crippen LogP contribution >= 0.6 is 0 Å². The quantitative estimate of drug-likeness (QED) is 0.548. The van der Waals surface area contributed by atoms with Crippen molar-refractivity contribution in [2.24, 2.45) is 11.8 Å². The zero-order chi connectivity index (χ0) is 9.97. The van der Waals surface area contributed by atoms with Crippen LogP contribution in [0.5, 0.6) is 0 Å². The highest BCUT2D eigenvalue weighted by Crippen LogP contribution is 2.55. The molecule has 1 aromatic carbocycles. The molecule has 0 aliphatic heterocycles. The molecule has 0 nitrogen and oxygen atoms in total. The number of hydrogen-bond acceptors (Lipinski definition) is 0. The van der Waals surface area contributed by atoms with Crippen LogP contribution in [0.4, 0.5) is 4.39 Å². The Morgan fingerprint density at radius 1 is 1.29 bits per heavy atom. The number of terminal acetylenes is 1. The minimum Gasteiger partial charge on any atom is -0.207 e. The largest absolute Gasteiger partial charge is 0.207 e. The highest BCUT2D eigenvalue weighted by atomic mass is 19.1. The van der Waals surface area contributed by atoms with Crippen molar-refractivity contribution in [3.05, 3.63) is 35.6 Å². The summed E-state index contributed by atoms with van der Waals surface area (Å²) in [7, 11) is 0. The van der Waals surface area contributed by atoms with E-state index >= 15 is 0 Å². The number of hydrogen-bond donors (Lipinski definition) is 0. The summed E-state index contributed by atoms with van der Waals surface area (Å²) in [4.78, 5) is 0. The van der Waals surface area contributed by atoms with Gasteiger partial charge in [0.05, 0.1) is 0 Å². The summed E-state index contributed by atoms with van der Waals surface area (Å²) < 4.78 is 12.3. The van der Waals surface area contributed by atoms with E-state index in [4.69, 9.17) is 6.42 Å². The maximum atomic E-state index is 12.3. The number of rotatable bonds is 0. The van der Waals surface area contributed by atoms with Gasteiger partial charge in [-0.3, -0.25) is 0 Å². The molecule has 0 saturated heterocycles. The summed E-state index contributed by atoms with van der Waals surface area (Å²) in [5, 5.41) is 0. The van der Waals surface area contributed by atoms with Crippen LogP contribution in [0.3, 0.4) is 0 Å². The predicted octanol–water partition coefficient (Wildman–Crippen LogP) is 3.22. The van der Waals surface area contributed by atoms with E-state index in [0.29, 0.717) is 5.56 Å². The molecule has 2 aliphatic carbocycles. The normalized spacial score (nSPS) is 26.0. The Morgan fingerprint density at radius 2 is 2.00 bits per heavy atom. The molecule has 0 radical (unpaired) electrons. The maximum Gasteiger partial charge on any atom is 0.124 e. The molecule has 0 spiro atoms. The van der Waals surface area contributed by atoms with Crippen LogP contribution in [0.25, 0.3) is 0 Å². The second-order valence-electron chi connectivity index (χ2n) is 3.99. The molecule has 14 heavy (non-hydrogen) atoms. The zero-order valence-corrected chi connectivity index (χ0v) is 8.04. The van der Waals surface area contributed by atoms with Crippen molar-refractivity contribution in [1.29, 1.82) is 0 Å². The molecular formula is C13H13F. The van der Waals surface area contributed by atoms with Crippen molar-refractivity contribution in [3.63, 3.8) is 0 Å². The summed E-state index contributed by atoms with van der Waals surface area (Å²) in [5.74, 6) is 4.50. The lowest BCUT2D eigenvalue weighted by Crippen LogP contribution is -1.93. The highest BCUT2D eigenvalue weighted by molar-refractivity contribution is 5.31. The minimum atomic E-state index is -0.287. The van der Waals surface area contributed by atoms with Gasteiger partial charge >= 0.3 is 0 Å². The van der Waals surface area contributed by atoms with E-state index in [1.54, 1.807) is 31.4 Å². The molecule has 1 aromatic rings. The third-order valence-corrected chi connectivity index (χ3v) is 2.97. The Morgan fingerprint density at radius 3 is 2.29 bits per heavy atom. The van der Waals surface area contributed by atoms with Crippen molar-refractivity contribution in [1.82, 2.24) is 0 Å². The Hall–Kier alpha value is -1.29. The average molecular weight is 188 g/mol. The second-order valence-corrected chi connectivity index (χ2v) is 3.99. The van der Waals surface area contributed by atoms with Gasteiger partial charge in [-0.05, 0) is 49.3 Å². The van der Waals surface area contributed by atoms with Crippen LogP contribution in [-0.2, 0) is 0 Å². The first-order chi connectivity index (χ1) is 6.79. The molecule has 2 aliphatic rings. The van der Waals surface area contributed by atoms with E-state index in [0.717, 1.165) is 0 Å².